The van der Waals surface area contributed by atoms with E-state index < -0.39 is 0 Å². The Kier molecular flexibility index (Phi) is 6.18. The van der Waals surface area contributed by atoms with E-state index in [1.165, 1.54) is 18.4 Å². The van der Waals surface area contributed by atoms with Crippen LogP contribution in [0.5, 0.6) is 5.75 Å². The molecule has 0 bridgehead atoms. The number of carbonyl (C=O) groups is 1. The van der Waals surface area contributed by atoms with Crippen LogP contribution in [-0.2, 0) is 10.2 Å². The van der Waals surface area contributed by atoms with Crippen molar-refractivity contribution in [1.29, 1.82) is 0 Å². The van der Waals surface area contributed by atoms with E-state index in [4.69, 9.17) is 4.74 Å². The summed E-state index contributed by atoms with van der Waals surface area (Å²) in [5, 5.41) is 3.32. The largest absolute Gasteiger partial charge is 0.497 e. The number of amides is 1. The topological polar surface area (TPSA) is 38.3 Å². The second kappa shape index (κ2) is 9.17. The van der Waals surface area contributed by atoms with Crippen LogP contribution in [-0.4, -0.2) is 19.6 Å². The van der Waals surface area contributed by atoms with Crippen molar-refractivity contribution in [3.63, 3.8) is 0 Å². The molecule has 0 heterocycles. The molecule has 0 radical (unpaired) electrons. The van der Waals surface area contributed by atoms with Crippen molar-refractivity contribution >= 4 is 5.91 Å². The fourth-order valence-electron chi connectivity index (χ4n) is 4.71. The average molecular weight is 400 g/mol. The van der Waals surface area contributed by atoms with E-state index in [0.717, 1.165) is 29.7 Å². The Hall–Kier alpha value is -3.07. The molecule has 3 aromatic carbocycles. The number of carbonyl (C=O) groups excluding carboxylic acids is 1. The minimum Gasteiger partial charge on any atom is -0.497 e. The van der Waals surface area contributed by atoms with Gasteiger partial charge in [-0.2, -0.15) is 0 Å². The van der Waals surface area contributed by atoms with Gasteiger partial charge in [-0.3, -0.25) is 4.79 Å². The lowest BCUT2D eigenvalue weighted by Crippen LogP contribution is -2.41. The molecular formula is C27H29NO2. The minimum atomic E-state index is -0.304. The molecule has 30 heavy (non-hydrogen) atoms. The van der Waals surface area contributed by atoms with Gasteiger partial charge in [0.1, 0.15) is 5.75 Å². The number of hydrogen-bond acceptors (Lipinski definition) is 2. The molecule has 1 N–H and O–H groups in total. The Morgan fingerprint density at radius 1 is 0.867 bits per heavy atom. The van der Waals surface area contributed by atoms with Crippen molar-refractivity contribution < 1.29 is 9.53 Å². The minimum absolute atomic E-state index is 0.000142. The quantitative estimate of drug-likeness (QED) is 0.573. The molecule has 0 aromatic heterocycles. The van der Waals surface area contributed by atoms with E-state index in [0.29, 0.717) is 6.54 Å². The molecule has 3 nitrogen and oxygen atoms in total. The van der Waals surface area contributed by atoms with Gasteiger partial charge in [0.25, 0.3) is 0 Å². The van der Waals surface area contributed by atoms with E-state index in [9.17, 15) is 4.79 Å². The van der Waals surface area contributed by atoms with Gasteiger partial charge in [-0.15, -0.1) is 0 Å². The van der Waals surface area contributed by atoms with Crippen molar-refractivity contribution in [3.8, 4) is 5.75 Å². The van der Waals surface area contributed by atoms with Gasteiger partial charge in [-0.05, 0) is 41.7 Å². The standard InChI is InChI=1S/C27H29NO2/c1-30-24-16-14-23(15-17-24)27(18-8-9-19-27)20-28-26(29)25(21-10-4-2-5-11-21)22-12-6-3-7-13-22/h2-7,10-17,25H,8-9,18-20H2,1H3,(H,28,29). The number of ether oxygens (including phenoxy) is 1. The maximum atomic E-state index is 13.4. The van der Waals surface area contributed by atoms with Crippen LogP contribution in [0.2, 0.25) is 0 Å². The lowest BCUT2D eigenvalue weighted by molar-refractivity contribution is -0.122. The smallest absolute Gasteiger partial charge is 0.232 e. The van der Waals surface area contributed by atoms with Crippen molar-refractivity contribution in [3.05, 3.63) is 102 Å². The molecular weight excluding hydrogens is 370 g/mol. The number of hydrogen-bond donors (Lipinski definition) is 1. The Balaban J connectivity index is 1.57. The maximum absolute atomic E-state index is 13.4. The van der Waals surface area contributed by atoms with Crippen LogP contribution < -0.4 is 10.1 Å². The van der Waals surface area contributed by atoms with Gasteiger partial charge >= 0.3 is 0 Å². The van der Waals surface area contributed by atoms with Crippen molar-refractivity contribution in [2.24, 2.45) is 0 Å². The fraction of sp³-hybridized carbons (Fsp3) is 0.296. The van der Waals surface area contributed by atoms with Crippen molar-refractivity contribution in [1.82, 2.24) is 5.32 Å². The Morgan fingerprint density at radius 2 is 1.40 bits per heavy atom. The van der Waals surface area contributed by atoms with Crippen LogP contribution in [0, 0.1) is 0 Å². The van der Waals surface area contributed by atoms with Crippen molar-refractivity contribution in [2.75, 3.05) is 13.7 Å². The van der Waals surface area contributed by atoms with Crippen LogP contribution in [0.25, 0.3) is 0 Å². The van der Waals surface area contributed by atoms with E-state index in [2.05, 4.69) is 17.4 Å². The van der Waals surface area contributed by atoms with E-state index in [1.54, 1.807) is 7.11 Å². The second-order valence-electron chi connectivity index (χ2n) is 8.19. The lowest BCUT2D eigenvalue weighted by atomic mass is 9.78. The molecule has 0 spiro atoms. The lowest BCUT2D eigenvalue weighted by Gasteiger charge is -2.31. The Labute approximate surface area is 179 Å². The van der Waals surface area contributed by atoms with Crippen LogP contribution >= 0.6 is 0 Å². The molecule has 0 aliphatic heterocycles. The van der Waals surface area contributed by atoms with Gasteiger partial charge in [0.2, 0.25) is 5.91 Å². The predicted octanol–water partition coefficient (Wildman–Crippen LogP) is 5.46. The monoisotopic (exact) mass is 399 g/mol. The highest BCUT2D eigenvalue weighted by Crippen LogP contribution is 2.41. The molecule has 154 valence electrons. The summed E-state index contributed by atoms with van der Waals surface area (Å²) in [4.78, 5) is 13.4. The molecule has 4 rings (SSSR count). The molecule has 1 amide bonds. The zero-order valence-electron chi connectivity index (χ0n) is 17.5. The van der Waals surface area contributed by atoms with Gasteiger partial charge in [-0.1, -0.05) is 85.6 Å². The number of methoxy groups -OCH3 is 1. The van der Waals surface area contributed by atoms with Crippen LogP contribution in [0.15, 0.2) is 84.9 Å². The summed E-state index contributed by atoms with van der Waals surface area (Å²) in [7, 11) is 1.69. The SMILES string of the molecule is COc1ccc(C2(CNC(=O)C(c3ccccc3)c3ccccc3)CCCC2)cc1. The third-order valence-corrected chi connectivity index (χ3v) is 6.39. The summed E-state index contributed by atoms with van der Waals surface area (Å²) in [5.74, 6) is 0.623. The van der Waals surface area contributed by atoms with Gasteiger partial charge in [0, 0.05) is 12.0 Å². The first-order valence-electron chi connectivity index (χ1n) is 10.7. The summed E-state index contributed by atoms with van der Waals surface area (Å²) in [6, 6.07) is 28.4. The molecule has 1 aliphatic rings. The molecule has 0 unspecified atom stereocenters. The van der Waals surface area contributed by atoms with Crippen LogP contribution in [0.1, 0.15) is 48.3 Å². The first-order valence-corrected chi connectivity index (χ1v) is 10.7. The average Bonchev–Trinajstić information content (AvgIpc) is 3.30. The third-order valence-electron chi connectivity index (χ3n) is 6.39. The number of benzene rings is 3. The van der Waals surface area contributed by atoms with E-state index >= 15 is 0 Å². The number of rotatable bonds is 7. The molecule has 0 saturated heterocycles. The zero-order valence-corrected chi connectivity index (χ0v) is 17.5. The Bertz CT molecular complexity index is 906. The van der Waals surface area contributed by atoms with Crippen LogP contribution in [0.3, 0.4) is 0 Å². The van der Waals surface area contributed by atoms with E-state index in [-0.39, 0.29) is 17.2 Å². The first kappa shape index (κ1) is 20.2. The number of nitrogens with one attached hydrogen (secondary N) is 1. The highest BCUT2D eigenvalue weighted by atomic mass is 16.5. The molecule has 0 atom stereocenters. The first-order chi connectivity index (χ1) is 14.7. The van der Waals surface area contributed by atoms with Gasteiger partial charge in [0.15, 0.2) is 0 Å². The van der Waals surface area contributed by atoms with Gasteiger partial charge in [0.05, 0.1) is 13.0 Å². The summed E-state index contributed by atoms with van der Waals surface area (Å²) in [6.45, 7) is 0.661. The second-order valence-corrected chi connectivity index (χ2v) is 8.19. The summed E-state index contributed by atoms with van der Waals surface area (Å²) >= 11 is 0. The highest BCUT2D eigenvalue weighted by molar-refractivity contribution is 5.87. The summed E-state index contributed by atoms with van der Waals surface area (Å²) in [5.41, 5.74) is 3.33. The molecule has 1 saturated carbocycles. The van der Waals surface area contributed by atoms with Crippen molar-refractivity contribution in [2.45, 2.75) is 37.0 Å². The highest BCUT2D eigenvalue weighted by Gasteiger charge is 2.36. The summed E-state index contributed by atoms with van der Waals surface area (Å²) < 4.78 is 5.32. The van der Waals surface area contributed by atoms with Gasteiger partial charge in [-0.25, -0.2) is 0 Å². The van der Waals surface area contributed by atoms with Crippen LogP contribution in [0.4, 0.5) is 0 Å². The maximum Gasteiger partial charge on any atom is 0.232 e. The van der Waals surface area contributed by atoms with Gasteiger partial charge < -0.3 is 10.1 Å². The normalized spacial score (nSPS) is 15.1. The van der Waals surface area contributed by atoms with E-state index in [1.807, 2.05) is 72.8 Å². The predicted molar refractivity (Wildman–Crippen MR) is 121 cm³/mol. The fourth-order valence-corrected chi connectivity index (χ4v) is 4.71. The summed E-state index contributed by atoms with van der Waals surface area (Å²) in [6.07, 6.45) is 4.59. The molecule has 1 aliphatic carbocycles. The molecule has 3 heteroatoms. The molecule has 3 aromatic rings. The third kappa shape index (κ3) is 4.25. The Morgan fingerprint density at radius 3 is 1.90 bits per heavy atom. The zero-order chi connectivity index (χ0) is 20.8. The molecule has 1 fully saturated rings.